The molecule has 11 heteroatoms. The van der Waals surface area contributed by atoms with Gasteiger partial charge in [0.05, 0.1) is 31.0 Å². The third-order valence-electron chi connectivity index (χ3n) is 5.89. The summed E-state index contributed by atoms with van der Waals surface area (Å²) in [6, 6.07) is 18.1. The van der Waals surface area contributed by atoms with Crippen molar-refractivity contribution in [3.8, 4) is 11.5 Å². The summed E-state index contributed by atoms with van der Waals surface area (Å²) in [4.78, 5) is 14.5. The van der Waals surface area contributed by atoms with E-state index in [4.69, 9.17) is 13.9 Å². The van der Waals surface area contributed by atoms with Crippen LogP contribution in [0.5, 0.6) is 11.5 Å². The summed E-state index contributed by atoms with van der Waals surface area (Å²) < 4.78 is 97.0. The third kappa shape index (κ3) is 7.16. The van der Waals surface area contributed by atoms with Gasteiger partial charge in [0.25, 0.3) is 5.91 Å². The van der Waals surface area contributed by atoms with Crippen LogP contribution in [-0.4, -0.2) is 17.9 Å². The highest BCUT2D eigenvalue weighted by molar-refractivity contribution is 5.94. The Morgan fingerprint density at radius 2 is 1.45 bits per heavy atom. The summed E-state index contributed by atoms with van der Waals surface area (Å²) in [6.45, 7) is -0.124. The predicted octanol–water partition coefficient (Wildman–Crippen LogP) is 7.75. The zero-order chi connectivity index (χ0) is 28.9. The number of carbonyl (C=O) groups excluding carboxylic acids is 1. The smallest absolute Gasteiger partial charge is 0.416 e. The molecule has 0 spiro atoms. The van der Waals surface area contributed by atoms with Gasteiger partial charge in [-0.05, 0) is 53.6 Å². The third-order valence-corrected chi connectivity index (χ3v) is 5.89. The Morgan fingerprint density at radius 3 is 2.02 bits per heavy atom. The zero-order valence-corrected chi connectivity index (χ0v) is 21.1. The van der Waals surface area contributed by atoms with E-state index in [1.54, 1.807) is 24.3 Å². The van der Waals surface area contributed by atoms with Crippen LogP contribution in [0.3, 0.4) is 0 Å². The van der Waals surface area contributed by atoms with Gasteiger partial charge in [0.1, 0.15) is 12.4 Å². The molecule has 0 unspecified atom stereocenters. The number of nitrogens with zero attached hydrogens (tertiary/aromatic N) is 1. The first-order valence-electron chi connectivity index (χ1n) is 11.9. The molecule has 0 radical (unpaired) electrons. The Labute approximate surface area is 225 Å². The van der Waals surface area contributed by atoms with Crippen molar-refractivity contribution in [2.45, 2.75) is 32.0 Å². The van der Waals surface area contributed by atoms with E-state index in [-0.39, 0.29) is 31.5 Å². The van der Waals surface area contributed by atoms with E-state index < -0.39 is 35.0 Å². The molecule has 210 valence electrons. The number of benzene rings is 3. The van der Waals surface area contributed by atoms with Gasteiger partial charge in [0.15, 0.2) is 11.5 Å². The molecule has 0 bridgehead atoms. The Morgan fingerprint density at radius 1 is 0.775 bits per heavy atom. The lowest BCUT2D eigenvalue weighted by molar-refractivity contribution is -0.143. The highest BCUT2D eigenvalue weighted by Gasteiger charge is 2.38. The molecule has 0 aliphatic heterocycles. The Balaban J connectivity index is 1.64. The number of methoxy groups -OCH3 is 1. The van der Waals surface area contributed by atoms with E-state index in [0.717, 1.165) is 10.5 Å². The highest BCUT2D eigenvalue weighted by Crippen LogP contribution is 2.37. The SMILES string of the molecule is COc1cc(CN(Cc2ccco2)C(=O)c2cc(C(F)(F)F)cc(C(F)(F)F)c2)ccc1OCc1ccccc1. The van der Waals surface area contributed by atoms with E-state index in [1.807, 2.05) is 30.3 Å². The van der Waals surface area contributed by atoms with Gasteiger partial charge in [-0.25, -0.2) is 0 Å². The second kappa shape index (κ2) is 11.8. The van der Waals surface area contributed by atoms with Gasteiger partial charge < -0.3 is 18.8 Å². The molecule has 1 aromatic heterocycles. The number of rotatable bonds is 9. The summed E-state index contributed by atoms with van der Waals surface area (Å²) in [6.07, 6.45) is -8.85. The first-order chi connectivity index (χ1) is 18.9. The fourth-order valence-corrected chi connectivity index (χ4v) is 3.94. The second-order valence-electron chi connectivity index (χ2n) is 8.79. The number of ether oxygens (including phenoxy) is 2. The first-order valence-corrected chi connectivity index (χ1v) is 11.9. The molecular weight excluding hydrogens is 540 g/mol. The van der Waals surface area contributed by atoms with Crippen molar-refractivity contribution in [3.63, 3.8) is 0 Å². The van der Waals surface area contributed by atoms with Crippen LogP contribution in [-0.2, 0) is 32.0 Å². The van der Waals surface area contributed by atoms with Crippen LogP contribution in [0.15, 0.2) is 89.5 Å². The van der Waals surface area contributed by atoms with E-state index in [9.17, 15) is 31.1 Å². The van der Waals surface area contributed by atoms with Gasteiger partial charge in [-0.1, -0.05) is 36.4 Å². The summed E-state index contributed by atoms with van der Waals surface area (Å²) in [5.74, 6) is -0.0218. The minimum Gasteiger partial charge on any atom is -0.493 e. The van der Waals surface area contributed by atoms with Crippen LogP contribution < -0.4 is 9.47 Å². The molecule has 5 nitrogen and oxygen atoms in total. The lowest BCUT2D eigenvalue weighted by atomic mass is 10.0. The predicted molar refractivity (Wildman–Crippen MR) is 132 cm³/mol. The average Bonchev–Trinajstić information content (AvgIpc) is 3.44. The quantitative estimate of drug-likeness (QED) is 0.196. The number of carbonyl (C=O) groups is 1. The molecule has 0 N–H and O–H groups in total. The van der Waals surface area contributed by atoms with Gasteiger partial charge in [-0.15, -0.1) is 0 Å². The standard InChI is InChI=1S/C29H23F6NO4/c1-38-26-12-20(9-10-25(26)40-18-19-6-3-2-4-7-19)16-36(17-24-8-5-11-39-24)27(37)21-13-22(28(30,31)32)15-23(14-21)29(33,34)35/h2-15H,16-18H2,1H3. The number of alkyl halides is 6. The van der Waals surface area contributed by atoms with Crippen LogP contribution in [0.1, 0.15) is 38.4 Å². The molecule has 3 aromatic carbocycles. The molecule has 0 aliphatic carbocycles. The van der Waals surface area contributed by atoms with E-state index in [2.05, 4.69) is 0 Å². The van der Waals surface area contributed by atoms with Crippen molar-refractivity contribution >= 4 is 5.91 Å². The largest absolute Gasteiger partial charge is 0.493 e. The van der Waals surface area contributed by atoms with Crippen molar-refractivity contribution in [1.29, 1.82) is 0 Å². The van der Waals surface area contributed by atoms with Gasteiger partial charge in [0, 0.05) is 12.1 Å². The summed E-state index contributed by atoms with van der Waals surface area (Å²) in [7, 11) is 1.42. The van der Waals surface area contributed by atoms with E-state index in [0.29, 0.717) is 29.2 Å². The maximum Gasteiger partial charge on any atom is 0.416 e. The molecule has 0 saturated carbocycles. The summed E-state index contributed by atoms with van der Waals surface area (Å²) in [5, 5.41) is 0. The average molecular weight is 563 g/mol. The Bertz CT molecular complexity index is 1400. The van der Waals surface area contributed by atoms with Crippen molar-refractivity contribution < 1.29 is 45.0 Å². The van der Waals surface area contributed by atoms with Crippen molar-refractivity contribution in [2.75, 3.05) is 7.11 Å². The lowest BCUT2D eigenvalue weighted by Gasteiger charge is -2.24. The topological polar surface area (TPSA) is 51.9 Å². The number of hydrogen-bond donors (Lipinski definition) is 0. The fourth-order valence-electron chi connectivity index (χ4n) is 3.94. The number of hydrogen-bond acceptors (Lipinski definition) is 4. The lowest BCUT2D eigenvalue weighted by Crippen LogP contribution is -2.30. The van der Waals surface area contributed by atoms with Gasteiger partial charge in [-0.3, -0.25) is 4.79 Å². The first kappa shape index (κ1) is 28.6. The van der Waals surface area contributed by atoms with Crippen LogP contribution in [0.4, 0.5) is 26.3 Å². The van der Waals surface area contributed by atoms with Crippen molar-refractivity contribution in [1.82, 2.24) is 4.90 Å². The number of amides is 1. The number of halogens is 6. The summed E-state index contributed by atoms with van der Waals surface area (Å²) >= 11 is 0. The molecule has 0 atom stereocenters. The highest BCUT2D eigenvalue weighted by atomic mass is 19.4. The minimum atomic E-state index is -5.09. The van der Waals surface area contributed by atoms with Gasteiger partial charge >= 0.3 is 12.4 Å². The molecule has 4 aromatic rings. The maximum absolute atomic E-state index is 13.4. The molecule has 0 fully saturated rings. The molecule has 40 heavy (non-hydrogen) atoms. The molecule has 1 heterocycles. The zero-order valence-electron chi connectivity index (χ0n) is 21.1. The van der Waals surface area contributed by atoms with Crippen molar-refractivity contribution in [2.24, 2.45) is 0 Å². The monoisotopic (exact) mass is 563 g/mol. The van der Waals surface area contributed by atoms with Gasteiger partial charge in [-0.2, -0.15) is 26.3 Å². The Hall–Kier alpha value is -4.41. The van der Waals surface area contributed by atoms with Crippen LogP contribution in [0.25, 0.3) is 0 Å². The fraction of sp³-hybridized carbons (Fsp3) is 0.207. The minimum absolute atomic E-state index is 0.0211. The molecule has 4 rings (SSSR count). The molecular formula is C29H23F6NO4. The van der Waals surface area contributed by atoms with E-state index >= 15 is 0 Å². The van der Waals surface area contributed by atoms with Crippen molar-refractivity contribution in [3.05, 3.63) is 119 Å². The van der Waals surface area contributed by atoms with E-state index in [1.165, 1.54) is 19.4 Å². The van der Waals surface area contributed by atoms with Crippen LogP contribution >= 0.6 is 0 Å². The maximum atomic E-state index is 13.4. The molecule has 1 amide bonds. The second-order valence-corrected chi connectivity index (χ2v) is 8.79. The van der Waals surface area contributed by atoms with Crippen LogP contribution in [0.2, 0.25) is 0 Å². The normalized spacial score (nSPS) is 11.8. The van der Waals surface area contributed by atoms with Crippen LogP contribution in [0, 0.1) is 0 Å². The summed E-state index contributed by atoms with van der Waals surface area (Å²) in [5.41, 5.74) is -2.51. The molecule has 0 saturated heterocycles. The molecule has 0 aliphatic rings. The number of furan rings is 1. The Kier molecular flexibility index (Phi) is 8.41. The van der Waals surface area contributed by atoms with Gasteiger partial charge in [0.2, 0.25) is 0 Å².